The topological polar surface area (TPSA) is 74.0 Å². The Labute approximate surface area is 254 Å². The molecule has 43 heavy (non-hydrogen) atoms. The van der Waals surface area contributed by atoms with Gasteiger partial charge in [-0.2, -0.15) is 11.8 Å². The van der Waals surface area contributed by atoms with E-state index in [9.17, 15) is 23.5 Å². The summed E-state index contributed by atoms with van der Waals surface area (Å²) in [7, 11) is 0. The number of nitrogens with one attached hydrogen (secondary N) is 1. The summed E-state index contributed by atoms with van der Waals surface area (Å²) in [6.07, 6.45) is 2.17. The van der Waals surface area contributed by atoms with Crippen LogP contribution in [0.2, 0.25) is 0 Å². The van der Waals surface area contributed by atoms with E-state index in [0.29, 0.717) is 41.1 Å². The molecule has 1 atom stereocenters. The van der Waals surface area contributed by atoms with Crippen molar-refractivity contribution in [2.24, 2.45) is 0 Å². The number of amides is 1. The molecule has 4 aromatic carbocycles. The third kappa shape index (κ3) is 7.99. The molecule has 0 heterocycles. The molecular formula is C34H31F2N3O3S. The zero-order valence-electron chi connectivity index (χ0n) is 23.8. The van der Waals surface area contributed by atoms with Crippen molar-refractivity contribution in [3.8, 4) is 11.1 Å². The molecule has 0 saturated heterocycles. The monoisotopic (exact) mass is 599 g/mol. The van der Waals surface area contributed by atoms with E-state index < -0.39 is 29.6 Å². The van der Waals surface area contributed by atoms with E-state index in [1.54, 1.807) is 36.4 Å². The van der Waals surface area contributed by atoms with Gasteiger partial charge < -0.3 is 15.3 Å². The molecule has 0 aromatic heterocycles. The maximum atomic E-state index is 14.7. The number of aliphatic carboxylic acids is 1. The molecule has 0 saturated carbocycles. The molecule has 9 heteroatoms. The third-order valence-electron chi connectivity index (χ3n) is 7.07. The molecule has 0 aliphatic rings. The normalized spacial score (nSPS) is 11.4. The van der Waals surface area contributed by atoms with Crippen LogP contribution in [0, 0.1) is 25.1 Å². The molecule has 1 unspecified atom stereocenters. The predicted octanol–water partition coefficient (Wildman–Crippen LogP) is 7.63. The fourth-order valence-corrected chi connectivity index (χ4v) is 5.24. The van der Waals surface area contributed by atoms with Crippen LogP contribution in [-0.2, 0) is 17.9 Å². The van der Waals surface area contributed by atoms with Crippen LogP contribution in [0.15, 0.2) is 84.9 Å². The highest BCUT2D eigenvalue weighted by atomic mass is 32.2. The van der Waals surface area contributed by atoms with E-state index in [1.165, 1.54) is 23.9 Å². The summed E-state index contributed by atoms with van der Waals surface area (Å²) in [6, 6.07) is 22.3. The highest BCUT2D eigenvalue weighted by molar-refractivity contribution is 7.98. The van der Waals surface area contributed by atoms with Crippen LogP contribution < -0.4 is 10.2 Å². The lowest BCUT2D eigenvalue weighted by Crippen LogP contribution is -2.41. The Hall–Kier alpha value is -4.68. The number of nitrogens with zero attached hydrogens (tertiary/aromatic N) is 2. The number of rotatable bonds is 12. The SMILES string of the molecule is [C-]#[N+]c1ccc(N(Cc2ccc(C(=O)NC(CCSC)C(=O)O)c(-c3ccccc3C)c2)Cc2ccc(F)cc2F)cc1. The second-order valence-corrected chi connectivity index (χ2v) is 11.0. The maximum absolute atomic E-state index is 14.7. The Morgan fingerprint density at radius 1 is 0.977 bits per heavy atom. The summed E-state index contributed by atoms with van der Waals surface area (Å²) in [5.41, 5.74) is 5.04. The third-order valence-corrected chi connectivity index (χ3v) is 7.72. The summed E-state index contributed by atoms with van der Waals surface area (Å²) in [5.74, 6) is -2.32. The first-order valence-corrected chi connectivity index (χ1v) is 15.0. The van der Waals surface area contributed by atoms with Crippen LogP contribution in [0.5, 0.6) is 0 Å². The van der Waals surface area contributed by atoms with E-state index in [4.69, 9.17) is 6.57 Å². The number of hydrogen-bond donors (Lipinski definition) is 2. The van der Waals surface area contributed by atoms with Gasteiger partial charge in [-0.25, -0.2) is 18.4 Å². The van der Waals surface area contributed by atoms with Gasteiger partial charge in [-0.3, -0.25) is 4.79 Å². The minimum absolute atomic E-state index is 0.126. The second kappa shape index (κ2) is 14.5. The van der Waals surface area contributed by atoms with E-state index >= 15 is 0 Å². The fraction of sp³-hybridized carbons (Fsp3) is 0.206. The van der Waals surface area contributed by atoms with Crippen LogP contribution in [0.4, 0.5) is 20.2 Å². The molecular weight excluding hydrogens is 568 g/mol. The Morgan fingerprint density at radius 2 is 1.72 bits per heavy atom. The molecule has 0 aliphatic carbocycles. The van der Waals surface area contributed by atoms with E-state index in [0.717, 1.165) is 28.4 Å². The number of benzene rings is 4. The highest BCUT2D eigenvalue weighted by Crippen LogP contribution is 2.31. The van der Waals surface area contributed by atoms with E-state index in [2.05, 4.69) is 10.2 Å². The van der Waals surface area contributed by atoms with E-state index in [-0.39, 0.29) is 6.54 Å². The highest BCUT2D eigenvalue weighted by Gasteiger charge is 2.23. The summed E-state index contributed by atoms with van der Waals surface area (Å²) in [5, 5.41) is 12.4. The minimum Gasteiger partial charge on any atom is -0.480 e. The first kappa shape index (κ1) is 31.3. The average Bonchev–Trinajstić information content (AvgIpc) is 3.00. The zero-order chi connectivity index (χ0) is 30.9. The van der Waals surface area contributed by atoms with Crippen molar-refractivity contribution in [3.63, 3.8) is 0 Å². The number of carboxylic acids is 1. The summed E-state index contributed by atoms with van der Waals surface area (Å²) in [4.78, 5) is 30.6. The zero-order valence-corrected chi connectivity index (χ0v) is 24.6. The van der Waals surface area contributed by atoms with E-state index in [1.807, 2.05) is 48.4 Å². The Morgan fingerprint density at radius 3 is 2.37 bits per heavy atom. The molecule has 0 spiro atoms. The van der Waals surface area contributed by atoms with Crippen LogP contribution in [0.3, 0.4) is 0 Å². The molecule has 0 radical (unpaired) electrons. The van der Waals surface area contributed by atoms with Crippen molar-refractivity contribution < 1.29 is 23.5 Å². The lowest BCUT2D eigenvalue weighted by Gasteiger charge is -2.26. The van der Waals surface area contributed by atoms with Crippen molar-refractivity contribution in [2.45, 2.75) is 32.5 Å². The van der Waals surface area contributed by atoms with Crippen LogP contribution in [0.25, 0.3) is 16.0 Å². The molecule has 2 N–H and O–H groups in total. The number of carbonyl (C=O) groups excluding carboxylic acids is 1. The summed E-state index contributed by atoms with van der Waals surface area (Å²) in [6.45, 7) is 9.63. The van der Waals surface area contributed by atoms with Gasteiger partial charge in [-0.05, 0) is 77.9 Å². The van der Waals surface area contributed by atoms with Gasteiger partial charge in [-0.1, -0.05) is 48.5 Å². The number of carbonyl (C=O) groups is 2. The van der Waals surface area contributed by atoms with Crippen LogP contribution in [-0.4, -0.2) is 35.0 Å². The minimum atomic E-state index is -1.09. The van der Waals surface area contributed by atoms with Crippen molar-refractivity contribution in [1.29, 1.82) is 0 Å². The van der Waals surface area contributed by atoms with Gasteiger partial charge in [0.2, 0.25) is 0 Å². The first-order chi connectivity index (χ1) is 20.7. The van der Waals surface area contributed by atoms with Crippen LogP contribution >= 0.6 is 11.8 Å². The molecule has 6 nitrogen and oxygen atoms in total. The molecule has 0 fully saturated rings. The number of hydrogen-bond acceptors (Lipinski definition) is 4. The largest absolute Gasteiger partial charge is 0.480 e. The lowest BCUT2D eigenvalue weighted by molar-refractivity contribution is -0.139. The Kier molecular flexibility index (Phi) is 10.5. The fourth-order valence-electron chi connectivity index (χ4n) is 4.77. The number of halogens is 2. The van der Waals surface area contributed by atoms with Gasteiger partial charge in [0.25, 0.3) is 5.91 Å². The second-order valence-electron chi connectivity index (χ2n) is 10.1. The maximum Gasteiger partial charge on any atom is 0.326 e. The van der Waals surface area contributed by atoms with Crippen LogP contribution in [0.1, 0.15) is 33.5 Å². The van der Waals surface area contributed by atoms with Gasteiger partial charge in [0.1, 0.15) is 17.7 Å². The quantitative estimate of drug-likeness (QED) is 0.164. The molecule has 4 rings (SSSR count). The van der Waals surface area contributed by atoms with Gasteiger partial charge in [0.15, 0.2) is 5.69 Å². The lowest BCUT2D eigenvalue weighted by atomic mass is 9.93. The van der Waals surface area contributed by atoms with Crippen molar-refractivity contribution in [2.75, 3.05) is 16.9 Å². The smallest absolute Gasteiger partial charge is 0.326 e. The summed E-state index contributed by atoms with van der Waals surface area (Å²) >= 11 is 1.51. The molecule has 0 aliphatic heterocycles. The molecule has 1 amide bonds. The van der Waals surface area contributed by atoms with Gasteiger partial charge in [0, 0.05) is 36.0 Å². The Balaban J connectivity index is 1.74. The standard InChI is InChI=1S/C34H31F2N3O3S/c1-22-6-4-5-7-28(22)30-18-23(8-15-29(30)33(40)38-32(34(41)42)16-17-43-3)20-39(27-13-11-26(37-2)12-14-27)21-24-9-10-25(35)19-31(24)36/h4-15,18-19,32H,16-17,20-21H2,1,3H3,(H,38,40)(H,41,42). The van der Waals surface area contributed by atoms with Crippen molar-refractivity contribution in [1.82, 2.24) is 5.32 Å². The number of carboxylic acid groups (broad SMARTS) is 1. The Bertz CT molecular complexity index is 1650. The van der Waals surface area contributed by atoms with Crippen molar-refractivity contribution >= 4 is 35.0 Å². The first-order valence-electron chi connectivity index (χ1n) is 13.6. The van der Waals surface area contributed by atoms with Crippen molar-refractivity contribution in [3.05, 3.63) is 130 Å². The molecule has 4 aromatic rings. The van der Waals surface area contributed by atoms with Gasteiger partial charge in [-0.15, -0.1) is 0 Å². The molecule has 220 valence electrons. The average molecular weight is 600 g/mol. The van der Waals surface area contributed by atoms with Gasteiger partial charge >= 0.3 is 5.97 Å². The molecule has 0 bridgehead atoms. The number of aryl methyl sites for hydroxylation is 1. The number of anilines is 1. The van der Waals surface area contributed by atoms with Gasteiger partial charge in [0.05, 0.1) is 6.57 Å². The predicted molar refractivity (Wildman–Crippen MR) is 167 cm³/mol. The summed E-state index contributed by atoms with van der Waals surface area (Å²) < 4.78 is 28.3. The number of thioether (sulfide) groups is 1.